The number of halogens is 2. The number of benzene rings is 1. The topological polar surface area (TPSA) is 37.4 Å². The third-order valence-corrected chi connectivity index (χ3v) is 3.09. The van der Waals surface area contributed by atoms with Crippen LogP contribution in [0.25, 0.3) is 0 Å². The molecule has 5 heteroatoms. The quantitative estimate of drug-likeness (QED) is 0.616. The number of alkyl halides is 1. The Balaban J connectivity index is 2.46. The minimum Gasteiger partial charge on any atom is -0.273 e. The van der Waals surface area contributed by atoms with Gasteiger partial charge in [0.25, 0.3) is 11.8 Å². The van der Waals surface area contributed by atoms with Gasteiger partial charge in [-0.05, 0) is 18.2 Å². The third-order valence-electron chi connectivity index (χ3n) is 2.24. The Morgan fingerprint density at radius 2 is 1.80 bits per heavy atom. The molecular formula is C10H7Br2NO2. The average molecular weight is 333 g/mol. The number of carbonyl (C=O) groups is 2. The van der Waals surface area contributed by atoms with Gasteiger partial charge >= 0.3 is 0 Å². The molecule has 0 fully saturated rings. The summed E-state index contributed by atoms with van der Waals surface area (Å²) in [7, 11) is 0. The van der Waals surface area contributed by atoms with E-state index < -0.39 is 0 Å². The van der Waals surface area contributed by atoms with Gasteiger partial charge < -0.3 is 0 Å². The molecule has 0 unspecified atom stereocenters. The van der Waals surface area contributed by atoms with E-state index in [1.807, 2.05) is 0 Å². The van der Waals surface area contributed by atoms with Gasteiger partial charge in [0.05, 0.1) is 11.1 Å². The first-order chi connectivity index (χ1) is 7.15. The highest BCUT2D eigenvalue weighted by Gasteiger charge is 2.34. The summed E-state index contributed by atoms with van der Waals surface area (Å²) in [5, 5.41) is 0.597. The fourth-order valence-corrected chi connectivity index (χ4v) is 2.27. The van der Waals surface area contributed by atoms with Gasteiger partial charge in [-0.25, -0.2) is 0 Å². The summed E-state index contributed by atoms with van der Waals surface area (Å²) in [6, 6.07) is 5.12. The van der Waals surface area contributed by atoms with Crippen LogP contribution in [0, 0.1) is 0 Å². The van der Waals surface area contributed by atoms with Crippen LogP contribution >= 0.6 is 31.9 Å². The summed E-state index contributed by atoms with van der Waals surface area (Å²) < 4.78 is 0.808. The van der Waals surface area contributed by atoms with E-state index in [0.29, 0.717) is 23.0 Å². The molecule has 0 aromatic heterocycles. The van der Waals surface area contributed by atoms with E-state index in [4.69, 9.17) is 0 Å². The standard InChI is InChI=1S/C10H7Br2NO2/c11-3-4-13-9(14)7-2-1-6(12)5-8(7)10(13)15/h1-2,5H,3-4H2. The van der Waals surface area contributed by atoms with Crippen LogP contribution in [0.3, 0.4) is 0 Å². The number of hydrogen-bond donors (Lipinski definition) is 0. The molecule has 1 aliphatic heterocycles. The van der Waals surface area contributed by atoms with E-state index in [2.05, 4.69) is 31.9 Å². The second kappa shape index (κ2) is 4.06. The molecule has 0 saturated carbocycles. The Morgan fingerprint density at radius 1 is 1.13 bits per heavy atom. The molecule has 0 atom stereocenters. The van der Waals surface area contributed by atoms with Crippen molar-refractivity contribution in [2.75, 3.05) is 11.9 Å². The minimum atomic E-state index is -0.212. The molecule has 0 N–H and O–H groups in total. The maximum atomic E-state index is 11.8. The highest BCUT2D eigenvalue weighted by Crippen LogP contribution is 2.25. The van der Waals surface area contributed by atoms with E-state index in [0.717, 1.165) is 4.47 Å². The first-order valence-corrected chi connectivity index (χ1v) is 6.28. The first-order valence-electron chi connectivity index (χ1n) is 4.37. The zero-order valence-electron chi connectivity index (χ0n) is 7.67. The van der Waals surface area contributed by atoms with E-state index in [1.54, 1.807) is 18.2 Å². The summed E-state index contributed by atoms with van der Waals surface area (Å²) in [5.41, 5.74) is 0.972. The largest absolute Gasteiger partial charge is 0.273 e. The monoisotopic (exact) mass is 331 g/mol. The zero-order valence-corrected chi connectivity index (χ0v) is 10.8. The number of rotatable bonds is 2. The van der Waals surface area contributed by atoms with Gasteiger partial charge in [0.2, 0.25) is 0 Å². The van der Waals surface area contributed by atoms with Gasteiger partial charge in [-0.2, -0.15) is 0 Å². The normalized spacial score (nSPS) is 14.7. The predicted molar refractivity (Wildman–Crippen MR) is 63.3 cm³/mol. The van der Waals surface area contributed by atoms with E-state index in [-0.39, 0.29) is 11.8 Å². The second-order valence-electron chi connectivity index (χ2n) is 3.14. The summed E-state index contributed by atoms with van der Waals surface area (Å²) >= 11 is 6.50. The lowest BCUT2D eigenvalue weighted by molar-refractivity contribution is 0.0665. The van der Waals surface area contributed by atoms with Crippen LogP contribution in [-0.4, -0.2) is 28.6 Å². The number of amides is 2. The van der Waals surface area contributed by atoms with Crippen molar-refractivity contribution in [2.24, 2.45) is 0 Å². The van der Waals surface area contributed by atoms with Crippen LogP contribution in [0.15, 0.2) is 22.7 Å². The smallest absolute Gasteiger partial charge is 0.261 e. The molecule has 3 nitrogen and oxygen atoms in total. The Labute approximate surface area is 104 Å². The molecule has 15 heavy (non-hydrogen) atoms. The minimum absolute atomic E-state index is 0.207. The lowest BCUT2D eigenvalue weighted by Gasteiger charge is -2.10. The molecule has 1 heterocycles. The highest BCUT2D eigenvalue weighted by molar-refractivity contribution is 9.10. The van der Waals surface area contributed by atoms with Crippen molar-refractivity contribution in [1.82, 2.24) is 4.90 Å². The number of nitrogens with zero attached hydrogens (tertiary/aromatic N) is 1. The Bertz CT molecular complexity index is 445. The van der Waals surface area contributed by atoms with E-state index in [1.165, 1.54) is 4.90 Å². The molecule has 0 spiro atoms. The molecule has 2 rings (SSSR count). The summed E-state index contributed by atoms with van der Waals surface area (Å²) in [6.07, 6.45) is 0. The number of hydrogen-bond acceptors (Lipinski definition) is 2. The fraction of sp³-hybridized carbons (Fsp3) is 0.200. The lowest BCUT2D eigenvalue weighted by atomic mass is 10.1. The van der Waals surface area contributed by atoms with E-state index >= 15 is 0 Å². The third kappa shape index (κ3) is 1.74. The van der Waals surface area contributed by atoms with Crippen LogP contribution < -0.4 is 0 Å². The first kappa shape index (κ1) is 10.8. The van der Waals surface area contributed by atoms with Gasteiger partial charge in [0, 0.05) is 16.3 Å². The van der Waals surface area contributed by atoms with Gasteiger partial charge in [-0.15, -0.1) is 0 Å². The molecule has 0 bridgehead atoms. The Kier molecular flexibility index (Phi) is 2.93. The number of carbonyl (C=O) groups excluding carboxylic acids is 2. The summed E-state index contributed by atoms with van der Waals surface area (Å²) in [4.78, 5) is 24.8. The maximum absolute atomic E-state index is 11.8. The van der Waals surface area contributed by atoms with Crippen molar-refractivity contribution in [3.05, 3.63) is 33.8 Å². The molecule has 0 saturated heterocycles. The van der Waals surface area contributed by atoms with Crippen molar-refractivity contribution >= 4 is 43.7 Å². The number of fused-ring (bicyclic) bond motifs is 1. The van der Waals surface area contributed by atoms with Gasteiger partial charge in [-0.1, -0.05) is 31.9 Å². The average Bonchev–Trinajstić information content (AvgIpc) is 2.44. The molecule has 0 aliphatic carbocycles. The Hall–Kier alpha value is -0.680. The molecule has 2 amide bonds. The SMILES string of the molecule is O=C1c2ccc(Br)cc2C(=O)N1CCBr. The summed E-state index contributed by atoms with van der Waals surface area (Å²) in [5.74, 6) is -0.419. The van der Waals surface area contributed by atoms with Crippen molar-refractivity contribution in [3.63, 3.8) is 0 Å². The molecule has 1 aromatic rings. The highest BCUT2D eigenvalue weighted by atomic mass is 79.9. The van der Waals surface area contributed by atoms with Crippen LogP contribution in [0.4, 0.5) is 0 Å². The van der Waals surface area contributed by atoms with Crippen LogP contribution in [0.5, 0.6) is 0 Å². The lowest BCUT2D eigenvalue weighted by Crippen LogP contribution is -2.31. The maximum Gasteiger partial charge on any atom is 0.261 e. The van der Waals surface area contributed by atoms with Crippen molar-refractivity contribution in [3.8, 4) is 0 Å². The number of imide groups is 1. The Morgan fingerprint density at radius 3 is 2.47 bits per heavy atom. The van der Waals surface area contributed by atoms with Crippen molar-refractivity contribution in [2.45, 2.75) is 0 Å². The van der Waals surface area contributed by atoms with Crippen LogP contribution in [0.1, 0.15) is 20.7 Å². The summed E-state index contributed by atoms with van der Waals surface area (Å²) in [6.45, 7) is 0.407. The van der Waals surface area contributed by atoms with Crippen LogP contribution in [-0.2, 0) is 0 Å². The molecule has 1 aliphatic rings. The van der Waals surface area contributed by atoms with Crippen molar-refractivity contribution < 1.29 is 9.59 Å². The second-order valence-corrected chi connectivity index (χ2v) is 4.85. The molecule has 1 aromatic carbocycles. The van der Waals surface area contributed by atoms with Gasteiger partial charge in [0.15, 0.2) is 0 Å². The zero-order chi connectivity index (χ0) is 11.0. The molecule has 78 valence electrons. The van der Waals surface area contributed by atoms with Gasteiger partial charge in [0.1, 0.15) is 0 Å². The molecular weight excluding hydrogens is 326 g/mol. The molecule has 0 radical (unpaired) electrons. The van der Waals surface area contributed by atoms with Crippen molar-refractivity contribution in [1.29, 1.82) is 0 Å². The van der Waals surface area contributed by atoms with Crippen LogP contribution in [0.2, 0.25) is 0 Å². The van der Waals surface area contributed by atoms with Gasteiger partial charge in [-0.3, -0.25) is 14.5 Å². The fourth-order valence-electron chi connectivity index (χ4n) is 1.55. The van der Waals surface area contributed by atoms with E-state index in [9.17, 15) is 9.59 Å². The predicted octanol–water partition coefficient (Wildman–Crippen LogP) is 2.44.